The van der Waals surface area contributed by atoms with Gasteiger partial charge >= 0.3 is 5.97 Å². The van der Waals surface area contributed by atoms with Crippen molar-refractivity contribution in [1.82, 2.24) is 14.6 Å². The lowest BCUT2D eigenvalue weighted by Gasteiger charge is -2.35. The highest BCUT2D eigenvalue weighted by Gasteiger charge is 2.42. The lowest BCUT2D eigenvalue weighted by molar-refractivity contribution is -0.152. The number of aromatic nitrogens is 1. The minimum Gasteiger partial charge on any atom is -0.464 e. The number of pyridine rings is 1. The number of carbonyl (C=O) groups excluding carboxylic acids is 2. The summed E-state index contributed by atoms with van der Waals surface area (Å²) in [6.45, 7) is 2.99. The first-order chi connectivity index (χ1) is 16.3. The van der Waals surface area contributed by atoms with Crippen LogP contribution in [-0.4, -0.2) is 68.0 Å². The van der Waals surface area contributed by atoms with Crippen LogP contribution in [0.25, 0.3) is 10.9 Å². The molecule has 1 saturated carbocycles. The summed E-state index contributed by atoms with van der Waals surface area (Å²) in [6, 6.07) is 5.40. The molecule has 11 heteroatoms. The molecule has 1 aliphatic carbocycles. The Hall–Kier alpha value is -2.76. The van der Waals surface area contributed by atoms with Crippen LogP contribution >= 0.6 is 0 Å². The average molecular weight is 492 g/mol. The number of amides is 1. The monoisotopic (exact) mass is 491 g/mol. The Kier molecular flexibility index (Phi) is 7.06. The second-order valence-electron chi connectivity index (χ2n) is 8.59. The van der Waals surface area contributed by atoms with Gasteiger partial charge in [-0.3, -0.25) is 9.59 Å². The van der Waals surface area contributed by atoms with E-state index in [0.29, 0.717) is 31.6 Å². The van der Waals surface area contributed by atoms with E-state index in [1.807, 2.05) is 0 Å². The van der Waals surface area contributed by atoms with Gasteiger partial charge < -0.3 is 19.8 Å². The number of hydrogen-bond donors (Lipinski definition) is 2. The minimum atomic E-state index is -3.81. The van der Waals surface area contributed by atoms with Gasteiger partial charge in [0.25, 0.3) is 5.91 Å². The van der Waals surface area contributed by atoms with Gasteiger partial charge in [-0.15, -0.1) is 0 Å². The fourth-order valence-corrected chi connectivity index (χ4v) is 6.04. The molecular formula is C23H29N3O7S. The van der Waals surface area contributed by atoms with Gasteiger partial charge in [-0.2, -0.15) is 4.31 Å². The van der Waals surface area contributed by atoms with Gasteiger partial charge in [-0.1, -0.05) is 19.3 Å². The first-order valence-corrected chi connectivity index (χ1v) is 13.0. The van der Waals surface area contributed by atoms with E-state index in [1.54, 1.807) is 6.92 Å². The fourth-order valence-electron chi connectivity index (χ4n) is 4.61. The van der Waals surface area contributed by atoms with Crippen molar-refractivity contribution in [3.8, 4) is 0 Å². The second kappa shape index (κ2) is 9.85. The molecule has 4 rings (SSSR count). The number of benzene rings is 1. The minimum absolute atomic E-state index is 0.00650. The Morgan fingerprint density at radius 3 is 2.53 bits per heavy atom. The summed E-state index contributed by atoms with van der Waals surface area (Å²) < 4.78 is 38.1. The van der Waals surface area contributed by atoms with E-state index in [2.05, 4.69) is 10.3 Å². The highest BCUT2D eigenvalue weighted by molar-refractivity contribution is 7.89. The molecule has 0 spiro atoms. The van der Waals surface area contributed by atoms with Gasteiger partial charge in [-0.25, -0.2) is 13.2 Å². The third-order valence-electron chi connectivity index (χ3n) is 6.39. The standard InChI is InChI=1S/C23H29N3O7S/c1-2-33-22(29)23(8-4-3-5-9-23)25-21(28)18-15-20(27)24-19-7-6-16(14-17(18)19)34(30,31)26-10-12-32-13-11-26/h6-7,14-15H,2-5,8-13H2,1H3,(H,24,27)(H,25,28). The van der Waals surface area contributed by atoms with Crippen molar-refractivity contribution in [3.05, 3.63) is 40.2 Å². The predicted octanol–water partition coefficient (Wildman–Crippen LogP) is 1.54. The van der Waals surface area contributed by atoms with E-state index >= 15 is 0 Å². The highest BCUT2D eigenvalue weighted by Crippen LogP contribution is 2.31. The zero-order valence-electron chi connectivity index (χ0n) is 19.1. The molecule has 0 bridgehead atoms. The molecule has 1 aromatic carbocycles. The van der Waals surface area contributed by atoms with Crippen LogP contribution in [0.15, 0.2) is 34.0 Å². The number of esters is 1. The zero-order chi connectivity index (χ0) is 24.3. The second-order valence-corrected chi connectivity index (χ2v) is 10.5. The van der Waals surface area contributed by atoms with E-state index in [4.69, 9.17) is 9.47 Å². The summed E-state index contributed by atoms with van der Waals surface area (Å²) in [4.78, 5) is 41.1. The molecule has 1 aromatic heterocycles. The quantitative estimate of drug-likeness (QED) is 0.585. The van der Waals surface area contributed by atoms with Crippen LogP contribution in [0, 0.1) is 0 Å². The van der Waals surface area contributed by atoms with Crippen molar-refractivity contribution >= 4 is 32.8 Å². The number of morpholine rings is 1. The fraction of sp³-hybridized carbons (Fsp3) is 0.522. The number of H-pyrrole nitrogens is 1. The van der Waals surface area contributed by atoms with Crippen molar-refractivity contribution in [2.45, 2.75) is 49.5 Å². The highest BCUT2D eigenvalue weighted by atomic mass is 32.2. The number of rotatable bonds is 6. The van der Waals surface area contributed by atoms with Crippen molar-refractivity contribution < 1.29 is 27.5 Å². The van der Waals surface area contributed by atoms with E-state index in [-0.39, 0.29) is 35.5 Å². The molecule has 0 radical (unpaired) electrons. The largest absolute Gasteiger partial charge is 0.464 e. The number of carbonyl (C=O) groups is 2. The number of nitrogens with zero attached hydrogens (tertiary/aromatic N) is 1. The van der Waals surface area contributed by atoms with Gasteiger partial charge in [0, 0.05) is 30.1 Å². The van der Waals surface area contributed by atoms with Crippen LogP contribution in [-0.2, 0) is 24.3 Å². The van der Waals surface area contributed by atoms with E-state index in [1.165, 1.54) is 22.5 Å². The average Bonchev–Trinajstić information content (AvgIpc) is 2.84. The van der Waals surface area contributed by atoms with Crippen LogP contribution in [0.2, 0.25) is 0 Å². The Balaban J connectivity index is 1.74. The van der Waals surface area contributed by atoms with Crippen molar-refractivity contribution in [2.75, 3.05) is 32.9 Å². The molecule has 2 heterocycles. The van der Waals surface area contributed by atoms with Gasteiger partial charge in [0.05, 0.1) is 30.3 Å². The summed E-state index contributed by atoms with van der Waals surface area (Å²) in [5, 5.41) is 3.11. The Morgan fingerprint density at radius 1 is 1.15 bits per heavy atom. The molecule has 1 aliphatic heterocycles. The number of fused-ring (bicyclic) bond motifs is 1. The number of aromatic amines is 1. The Labute approximate surface area is 197 Å². The summed E-state index contributed by atoms with van der Waals surface area (Å²) in [6.07, 6.45) is 3.35. The van der Waals surface area contributed by atoms with Gasteiger partial charge in [0.15, 0.2) is 0 Å². The van der Waals surface area contributed by atoms with Gasteiger partial charge in [-0.05, 0) is 38.0 Å². The SMILES string of the molecule is CCOC(=O)C1(NC(=O)c2cc(=O)[nH]c3ccc(S(=O)(=O)N4CCOCC4)cc23)CCCCC1. The molecule has 34 heavy (non-hydrogen) atoms. The lowest BCUT2D eigenvalue weighted by atomic mass is 9.81. The van der Waals surface area contributed by atoms with Gasteiger partial charge in [0.2, 0.25) is 15.6 Å². The summed E-state index contributed by atoms with van der Waals surface area (Å²) in [5.74, 6) is -1.11. The maximum absolute atomic E-state index is 13.4. The lowest BCUT2D eigenvalue weighted by Crippen LogP contribution is -2.56. The maximum Gasteiger partial charge on any atom is 0.331 e. The van der Waals surface area contributed by atoms with Crippen LogP contribution in [0.5, 0.6) is 0 Å². The normalized spacial score (nSPS) is 19.0. The third-order valence-corrected chi connectivity index (χ3v) is 8.29. The number of ether oxygens (including phenoxy) is 2. The van der Waals surface area contributed by atoms with E-state index < -0.39 is 33.0 Å². The van der Waals surface area contributed by atoms with Crippen LogP contribution in [0.4, 0.5) is 0 Å². The molecule has 2 N–H and O–H groups in total. The molecule has 0 unspecified atom stereocenters. The van der Waals surface area contributed by atoms with Gasteiger partial charge in [0.1, 0.15) is 5.54 Å². The van der Waals surface area contributed by atoms with Crippen LogP contribution < -0.4 is 10.9 Å². The molecule has 184 valence electrons. The third kappa shape index (κ3) is 4.73. The molecule has 2 aromatic rings. The molecular weight excluding hydrogens is 462 g/mol. The number of sulfonamides is 1. The van der Waals surface area contributed by atoms with Crippen molar-refractivity contribution in [2.24, 2.45) is 0 Å². The molecule has 10 nitrogen and oxygen atoms in total. The van der Waals surface area contributed by atoms with Crippen LogP contribution in [0.3, 0.4) is 0 Å². The van der Waals surface area contributed by atoms with Crippen LogP contribution in [0.1, 0.15) is 49.4 Å². The molecule has 1 amide bonds. The van der Waals surface area contributed by atoms with Crippen molar-refractivity contribution in [1.29, 1.82) is 0 Å². The molecule has 0 atom stereocenters. The Bertz CT molecular complexity index is 1240. The number of hydrogen-bond acceptors (Lipinski definition) is 7. The molecule has 2 aliphatic rings. The topological polar surface area (TPSA) is 135 Å². The summed E-state index contributed by atoms with van der Waals surface area (Å²) >= 11 is 0. The zero-order valence-corrected chi connectivity index (χ0v) is 19.9. The smallest absolute Gasteiger partial charge is 0.331 e. The van der Waals surface area contributed by atoms with E-state index in [9.17, 15) is 22.8 Å². The maximum atomic E-state index is 13.4. The summed E-state index contributed by atoms with van der Waals surface area (Å²) in [7, 11) is -3.81. The molecule has 2 fully saturated rings. The summed E-state index contributed by atoms with van der Waals surface area (Å²) in [5.41, 5.74) is -1.34. The van der Waals surface area contributed by atoms with E-state index in [0.717, 1.165) is 25.3 Å². The van der Waals surface area contributed by atoms with Crippen molar-refractivity contribution in [3.63, 3.8) is 0 Å². The molecule has 1 saturated heterocycles. The first-order valence-electron chi connectivity index (χ1n) is 11.5. The Morgan fingerprint density at radius 2 is 1.85 bits per heavy atom. The first kappa shape index (κ1) is 24.4. The predicted molar refractivity (Wildman–Crippen MR) is 124 cm³/mol. The number of nitrogens with one attached hydrogen (secondary N) is 2.